The lowest BCUT2D eigenvalue weighted by Gasteiger charge is -2.08. The van der Waals surface area contributed by atoms with Gasteiger partial charge in [0.05, 0.1) is 13.3 Å². The number of benzene rings is 1. The second-order valence-electron chi connectivity index (χ2n) is 5.73. The van der Waals surface area contributed by atoms with E-state index >= 15 is 0 Å². The van der Waals surface area contributed by atoms with Crippen molar-refractivity contribution >= 4 is 22.8 Å². The van der Waals surface area contributed by atoms with Gasteiger partial charge >= 0.3 is 0 Å². The average molecular weight is 362 g/mol. The van der Waals surface area contributed by atoms with Crippen molar-refractivity contribution in [1.82, 2.24) is 29.5 Å². The van der Waals surface area contributed by atoms with Gasteiger partial charge in [0.2, 0.25) is 5.95 Å². The van der Waals surface area contributed by atoms with Crippen molar-refractivity contribution in [2.45, 2.75) is 6.54 Å². The molecule has 0 fully saturated rings. The normalized spacial score (nSPS) is 10.9. The molecule has 27 heavy (non-hydrogen) atoms. The monoisotopic (exact) mass is 362 g/mol. The number of aromatic nitrogens is 6. The van der Waals surface area contributed by atoms with Crippen LogP contribution in [0.25, 0.3) is 22.7 Å². The van der Waals surface area contributed by atoms with Crippen molar-refractivity contribution in [3.05, 3.63) is 49.1 Å². The Hall–Kier alpha value is -3.59. The lowest BCUT2D eigenvalue weighted by Crippen LogP contribution is -2.12. The van der Waals surface area contributed by atoms with Crippen LogP contribution in [0.5, 0.6) is 5.75 Å². The fraction of sp³-hybridized carbons (Fsp3) is 0.167. The summed E-state index contributed by atoms with van der Waals surface area (Å²) in [5, 5.41) is 3.19. The maximum atomic E-state index is 5.80. The van der Waals surface area contributed by atoms with Crippen LogP contribution in [-0.2, 0) is 6.54 Å². The number of nitrogens with two attached hydrogens (primary N) is 1. The van der Waals surface area contributed by atoms with E-state index in [1.807, 2.05) is 28.8 Å². The molecule has 0 aliphatic carbocycles. The van der Waals surface area contributed by atoms with Crippen LogP contribution in [0.15, 0.2) is 49.1 Å². The van der Waals surface area contributed by atoms with Crippen molar-refractivity contribution in [3.8, 4) is 17.3 Å². The van der Waals surface area contributed by atoms with Gasteiger partial charge in [-0.15, -0.1) is 0 Å². The summed E-state index contributed by atoms with van der Waals surface area (Å²) in [6.45, 7) is 1.01. The SMILES string of the molecule is COc1cccc(Nc2ncc3nc(-c4ccncn4)n(CCN)c3n2)c1. The lowest BCUT2D eigenvalue weighted by molar-refractivity contribution is 0.415. The molecule has 136 valence electrons. The predicted octanol–water partition coefficient (Wildman–Crippen LogP) is 1.99. The molecule has 4 rings (SSSR count). The molecule has 0 atom stereocenters. The Labute approximate surface area is 155 Å². The van der Waals surface area contributed by atoms with Crippen molar-refractivity contribution in [2.75, 3.05) is 19.0 Å². The number of hydrogen-bond acceptors (Lipinski definition) is 8. The second kappa shape index (κ2) is 7.34. The first kappa shape index (κ1) is 16.9. The lowest BCUT2D eigenvalue weighted by atomic mass is 10.3. The minimum absolute atomic E-state index is 0.451. The summed E-state index contributed by atoms with van der Waals surface area (Å²) in [6.07, 6.45) is 4.85. The molecule has 0 aliphatic heterocycles. The Morgan fingerprint density at radius 1 is 1.19 bits per heavy atom. The van der Waals surface area contributed by atoms with Gasteiger partial charge in [-0.1, -0.05) is 6.07 Å². The summed E-state index contributed by atoms with van der Waals surface area (Å²) in [4.78, 5) is 21.9. The molecule has 9 nitrogen and oxygen atoms in total. The highest BCUT2D eigenvalue weighted by Crippen LogP contribution is 2.24. The number of imidazole rings is 1. The van der Waals surface area contributed by atoms with E-state index in [-0.39, 0.29) is 0 Å². The molecule has 0 bridgehead atoms. The number of nitrogens with one attached hydrogen (secondary N) is 1. The Morgan fingerprint density at radius 3 is 2.89 bits per heavy atom. The van der Waals surface area contributed by atoms with Crippen LogP contribution in [-0.4, -0.2) is 43.1 Å². The molecule has 1 aromatic carbocycles. The van der Waals surface area contributed by atoms with Gasteiger partial charge in [-0.05, 0) is 18.2 Å². The molecule has 0 saturated heterocycles. The first-order valence-electron chi connectivity index (χ1n) is 8.39. The fourth-order valence-electron chi connectivity index (χ4n) is 2.77. The number of hydrogen-bond donors (Lipinski definition) is 2. The Bertz CT molecular complexity index is 1060. The van der Waals surface area contributed by atoms with E-state index in [2.05, 4.69) is 30.2 Å². The standard InChI is InChI=1S/C18H18N8O/c1-27-13-4-2-3-12(9-13)23-18-21-10-15-17(25-18)26(8-6-19)16(24-15)14-5-7-20-11-22-14/h2-5,7,9-11H,6,8,19H2,1H3,(H,21,23,25). The van der Waals surface area contributed by atoms with Crippen LogP contribution in [0.1, 0.15) is 0 Å². The van der Waals surface area contributed by atoms with Crippen LogP contribution in [0.4, 0.5) is 11.6 Å². The van der Waals surface area contributed by atoms with E-state index in [1.54, 1.807) is 25.6 Å². The van der Waals surface area contributed by atoms with Crippen molar-refractivity contribution in [1.29, 1.82) is 0 Å². The highest BCUT2D eigenvalue weighted by molar-refractivity contribution is 5.77. The molecule has 0 amide bonds. The van der Waals surface area contributed by atoms with Gasteiger partial charge in [-0.25, -0.2) is 19.9 Å². The zero-order chi connectivity index (χ0) is 18.6. The minimum Gasteiger partial charge on any atom is -0.497 e. The summed E-state index contributed by atoms with van der Waals surface area (Å²) in [5.41, 5.74) is 8.70. The molecule has 0 aliphatic rings. The molecule has 0 radical (unpaired) electrons. The second-order valence-corrected chi connectivity index (χ2v) is 5.73. The maximum Gasteiger partial charge on any atom is 0.229 e. The molecule has 4 aromatic rings. The largest absolute Gasteiger partial charge is 0.497 e. The molecule has 0 spiro atoms. The molecular weight excluding hydrogens is 344 g/mol. The van der Waals surface area contributed by atoms with E-state index in [0.717, 1.165) is 11.4 Å². The van der Waals surface area contributed by atoms with Gasteiger partial charge in [-0.3, -0.25) is 0 Å². The summed E-state index contributed by atoms with van der Waals surface area (Å²) < 4.78 is 7.19. The number of ether oxygens (including phenoxy) is 1. The van der Waals surface area contributed by atoms with Crippen LogP contribution < -0.4 is 15.8 Å². The maximum absolute atomic E-state index is 5.80. The molecule has 0 unspecified atom stereocenters. The van der Waals surface area contributed by atoms with Gasteiger partial charge in [0.15, 0.2) is 11.5 Å². The zero-order valence-electron chi connectivity index (χ0n) is 14.7. The molecular formula is C18H18N8O. The highest BCUT2D eigenvalue weighted by Gasteiger charge is 2.15. The van der Waals surface area contributed by atoms with E-state index in [4.69, 9.17) is 10.5 Å². The van der Waals surface area contributed by atoms with E-state index in [9.17, 15) is 0 Å². The first-order chi connectivity index (χ1) is 13.3. The summed E-state index contributed by atoms with van der Waals surface area (Å²) in [5.74, 6) is 1.90. The minimum atomic E-state index is 0.451. The van der Waals surface area contributed by atoms with Crippen molar-refractivity contribution in [2.24, 2.45) is 5.73 Å². The van der Waals surface area contributed by atoms with E-state index < -0.39 is 0 Å². The van der Waals surface area contributed by atoms with Gasteiger partial charge in [0.1, 0.15) is 23.3 Å². The van der Waals surface area contributed by atoms with Crippen LogP contribution in [0, 0.1) is 0 Å². The Morgan fingerprint density at radius 2 is 2.11 bits per heavy atom. The molecule has 3 N–H and O–H groups in total. The quantitative estimate of drug-likeness (QED) is 0.535. The fourth-order valence-corrected chi connectivity index (χ4v) is 2.77. The van der Waals surface area contributed by atoms with Crippen LogP contribution >= 0.6 is 0 Å². The van der Waals surface area contributed by atoms with Gasteiger partial charge in [-0.2, -0.15) is 4.98 Å². The number of anilines is 2. The van der Waals surface area contributed by atoms with Crippen molar-refractivity contribution in [3.63, 3.8) is 0 Å². The number of methoxy groups -OCH3 is 1. The topological polar surface area (TPSA) is 117 Å². The van der Waals surface area contributed by atoms with Crippen molar-refractivity contribution < 1.29 is 4.74 Å². The van der Waals surface area contributed by atoms with Crippen LogP contribution in [0.2, 0.25) is 0 Å². The molecule has 3 heterocycles. The highest BCUT2D eigenvalue weighted by atomic mass is 16.5. The van der Waals surface area contributed by atoms with Gasteiger partial charge in [0.25, 0.3) is 0 Å². The number of fused-ring (bicyclic) bond motifs is 1. The third-order valence-electron chi connectivity index (χ3n) is 3.98. The third kappa shape index (κ3) is 3.40. The summed E-state index contributed by atoms with van der Waals surface area (Å²) in [6, 6.07) is 9.36. The summed E-state index contributed by atoms with van der Waals surface area (Å²) >= 11 is 0. The van der Waals surface area contributed by atoms with Crippen LogP contribution in [0.3, 0.4) is 0 Å². The van der Waals surface area contributed by atoms with Gasteiger partial charge in [0, 0.05) is 31.0 Å². The predicted molar refractivity (Wildman–Crippen MR) is 102 cm³/mol. The molecule has 3 aromatic heterocycles. The number of rotatable bonds is 6. The van der Waals surface area contributed by atoms with E-state index in [1.165, 1.54) is 6.33 Å². The molecule has 9 heteroatoms. The first-order valence-corrected chi connectivity index (χ1v) is 8.39. The summed E-state index contributed by atoms with van der Waals surface area (Å²) in [7, 11) is 1.63. The smallest absolute Gasteiger partial charge is 0.229 e. The zero-order valence-corrected chi connectivity index (χ0v) is 14.7. The van der Waals surface area contributed by atoms with E-state index in [0.29, 0.717) is 41.7 Å². The third-order valence-corrected chi connectivity index (χ3v) is 3.98. The Kier molecular flexibility index (Phi) is 4.58. The molecule has 0 saturated carbocycles. The average Bonchev–Trinajstić information content (AvgIpc) is 3.07. The number of nitrogens with zero attached hydrogens (tertiary/aromatic N) is 6. The Balaban J connectivity index is 1.75. The van der Waals surface area contributed by atoms with Gasteiger partial charge < -0.3 is 20.4 Å².